The third-order valence-corrected chi connectivity index (χ3v) is 7.38. The summed E-state index contributed by atoms with van der Waals surface area (Å²) in [5.74, 6) is -1.41. The fraction of sp³-hybridized carbons (Fsp3) is 0.370. The molecule has 1 amide bonds. The molecule has 0 radical (unpaired) electrons. The average molecular weight is 572 g/mol. The number of alkyl halides is 3. The molecule has 3 aromatic heterocycles. The molecule has 2 aliphatic rings. The third-order valence-electron chi connectivity index (χ3n) is 7.38. The van der Waals surface area contributed by atoms with E-state index < -0.39 is 23.3 Å². The molecule has 0 spiro atoms. The Morgan fingerprint density at radius 1 is 1.12 bits per heavy atom. The van der Waals surface area contributed by atoms with E-state index in [1.165, 1.54) is 12.1 Å². The van der Waals surface area contributed by atoms with E-state index >= 15 is 0 Å². The standard InChI is InChI=1S/C27H25F4N7O3/c1-2-21-20(12-34-38(21)18-13-40-14-18)35-25-32-10-17(11-33-25)15-3-4-16(19(28)7-15)8-24(39)36-23-9-22(41-37-23)26(5-6-26)27(29,30)31/h3-4,7,9-12,18H,2,5-6,8,13-14H2,1H3,(H,32,33,35)(H,36,37,39). The van der Waals surface area contributed by atoms with Crippen LogP contribution >= 0.6 is 0 Å². The first-order chi connectivity index (χ1) is 19.7. The monoisotopic (exact) mass is 571 g/mol. The topological polar surface area (TPSA) is 120 Å². The van der Waals surface area contributed by atoms with Gasteiger partial charge < -0.3 is 19.9 Å². The molecule has 1 aliphatic heterocycles. The minimum absolute atomic E-state index is 0.0943. The Bertz CT molecular complexity index is 1570. The summed E-state index contributed by atoms with van der Waals surface area (Å²) < 4.78 is 66.8. The van der Waals surface area contributed by atoms with E-state index in [0.717, 1.165) is 23.9 Å². The van der Waals surface area contributed by atoms with Crippen molar-refractivity contribution in [1.29, 1.82) is 0 Å². The molecule has 0 unspecified atom stereocenters. The summed E-state index contributed by atoms with van der Waals surface area (Å²) in [6.07, 6.45) is 0.606. The van der Waals surface area contributed by atoms with Crippen molar-refractivity contribution in [2.24, 2.45) is 0 Å². The number of hydrogen-bond acceptors (Lipinski definition) is 8. The van der Waals surface area contributed by atoms with E-state index in [4.69, 9.17) is 9.26 Å². The zero-order chi connectivity index (χ0) is 28.8. The summed E-state index contributed by atoms with van der Waals surface area (Å²) in [6, 6.07) is 5.64. The van der Waals surface area contributed by atoms with Gasteiger partial charge >= 0.3 is 6.18 Å². The van der Waals surface area contributed by atoms with Gasteiger partial charge in [0.15, 0.2) is 11.6 Å². The lowest BCUT2D eigenvalue weighted by atomic mass is 10.0. The molecule has 4 aromatic rings. The highest BCUT2D eigenvalue weighted by molar-refractivity contribution is 5.91. The predicted octanol–water partition coefficient (Wildman–Crippen LogP) is 5.12. The smallest absolute Gasteiger partial charge is 0.377 e. The van der Waals surface area contributed by atoms with Crippen molar-refractivity contribution >= 4 is 23.4 Å². The molecule has 0 bridgehead atoms. The quantitative estimate of drug-likeness (QED) is 0.266. The molecule has 6 rings (SSSR count). The van der Waals surface area contributed by atoms with Crippen LogP contribution in [0.2, 0.25) is 0 Å². The molecule has 14 heteroatoms. The molecule has 4 heterocycles. The molecule has 0 atom stereocenters. The molecule has 1 aliphatic carbocycles. The lowest BCUT2D eigenvalue weighted by Gasteiger charge is -2.27. The van der Waals surface area contributed by atoms with E-state index in [1.807, 2.05) is 11.6 Å². The second-order valence-electron chi connectivity index (χ2n) is 10.1. The summed E-state index contributed by atoms with van der Waals surface area (Å²) in [6.45, 7) is 3.30. The molecule has 10 nitrogen and oxygen atoms in total. The maximum atomic E-state index is 14.9. The molecule has 1 aromatic carbocycles. The highest BCUT2D eigenvalue weighted by atomic mass is 19.4. The minimum Gasteiger partial charge on any atom is -0.377 e. The number of hydrogen-bond donors (Lipinski definition) is 2. The molecule has 2 fully saturated rings. The van der Waals surface area contributed by atoms with Gasteiger partial charge in [0, 0.05) is 24.0 Å². The van der Waals surface area contributed by atoms with E-state index in [-0.39, 0.29) is 42.4 Å². The Morgan fingerprint density at radius 2 is 1.88 bits per heavy atom. The number of halogens is 4. The molecular weight excluding hydrogens is 546 g/mol. The van der Waals surface area contributed by atoms with Crippen LogP contribution in [0.3, 0.4) is 0 Å². The number of amides is 1. The highest BCUT2D eigenvalue weighted by Gasteiger charge is 2.66. The summed E-state index contributed by atoms with van der Waals surface area (Å²) in [4.78, 5) is 21.1. The highest BCUT2D eigenvalue weighted by Crippen LogP contribution is 2.59. The van der Waals surface area contributed by atoms with Crippen molar-refractivity contribution in [1.82, 2.24) is 24.9 Å². The molecule has 1 saturated carbocycles. The van der Waals surface area contributed by atoms with E-state index in [0.29, 0.717) is 30.3 Å². The predicted molar refractivity (Wildman–Crippen MR) is 138 cm³/mol. The van der Waals surface area contributed by atoms with Gasteiger partial charge in [0.2, 0.25) is 11.9 Å². The first-order valence-electron chi connectivity index (χ1n) is 13.0. The second-order valence-corrected chi connectivity index (χ2v) is 10.1. The zero-order valence-corrected chi connectivity index (χ0v) is 21.8. The number of ether oxygens (including phenoxy) is 1. The maximum Gasteiger partial charge on any atom is 0.401 e. The van der Waals surface area contributed by atoms with Crippen LogP contribution in [0, 0.1) is 5.82 Å². The molecular formula is C27H25F4N7O3. The second kappa shape index (κ2) is 10.3. The Kier molecular flexibility index (Phi) is 6.72. The number of rotatable bonds is 9. The van der Waals surface area contributed by atoms with Crippen molar-refractivity contribution < 1.29 is 31.6 Å². The fourth-order valence-corrected chi connectivity index (χ4v) is 4.77. The van der Waals surface area contributed by atoms with Gasteiger partial charge in [-0.3, -0.25) is 9.48 Å². The van der Waals surface area contributed by atoms with E-state index in [2.05, 4.69) is 30.9 Å². The normalized spacial score (nSPS) is 16.3. The number of aromatic nitrogens is 5. The first kappa shape index (κ1) is 26.9. The Labute approximate surface area is 231 Å². The van der Waals surface area contributed by atoms with Crippen LogP contribution in [-0.4, -0.2) is 50.2 Å². The van der Waals surface area contributed by atoms with Gasteiger partial charge in [-0.1, -0.05) is 24.2 Å². The summed E-state index contributed by atoms with van der Waals surface area (Å²) in [5.41, 5.74) is 0.949. The van der Waals surface area contributed by atoms with Crippen LogP contribution < -0.4 is 10.6 Å². The SMILES string of the molecule is CCc1c(Nc2ncc(-c3ccc(CC(=O)Nc4cc(C5(C(F)(F)F)CC5)on4)c(F)c3)cn2)cnn1C1COC1. The summed E-state index contributed by atoms with van der Waals surface area (Å²) in [7, 11) is 0. The number of carbonyl (C=O) groups excluding carboxylic acids is 1. The molecule has 1 saturated heterocycles. The van der Waals surface area contributed by atoms with Gasteiger partial charge in [-0.2, -0.15) is 18.3 Å². The Morgan fingerprint density at radius 3 is 2.49 bits per heavy atom. The third kappa shape index (κ3) is 5.14. The number of anilines is 3. The van der Waals surface area contributed by atoms with Gasteiger partial charge in [-0.25, -0.2) is 14.4 Å². The molecule has 214 valence electrons. The number of carbonyl (C=O) groups is 1. The largest absolute Gasteiger partial charge is 0.401 e. The number of nitrogens with zero attached hydrogens (tertiary/aromatic N) is 5. The Balaban J connectivity index is 1.08. The lowest BCUT2D eigenvalue weighted by Crippen LogP contribution is -2.32. The molecule has 2 N–H and O–H groups in total. The summed E-state index contributed by atoms with van der Waals surface area (Å²) >= 11 is 0. The van der Waals surface area contributed by atoms with Crippen LogP contribution in [0.25, 0.3) is 11.1 Å². The van der Waals surface area contributed by atoms with Crippen LogP contribution in [-0.2, 0) is 27.8 Å². The van der Waals surface area contributed by atoms with Gasteiger partial charge in [-0.05, 0) is 36.5 Å². The van der Waals surface area contributed by atoms with Crippen LogP contribution in [0.4, 0.5) is 35.0 Å². The minimum atomic E-state index is -4.46. The zero-order valence-electron chi connectivity index (χ0n) is 21.8. The fourth-order valence-electron chi connectivity index (χ4n) is 4.77. The van der Waals surface area contributed by atoms with Gasteiger partial charge in [0.25, 0.3) is 0 Å². The van der Waals surface area contributed by atoms with Crippen LogP contribution in [0.15, 0.2) is 47.4 Å². The first-order valence-corrected chi connectivity index (χ1v) is 13.0. The maximum absolute atomic E-state index is 14.9. The van der Waals surface area contributed by atoms with Crippen LogP contribution in [0.5, 0.6) is 0 Å². The van der Waals surface area contributed by atoms with Crippen molar-refractivity contribution in [3.63, 3.8) is 0 Å². The van der Waals surface area contributed by atoms with E-state index in [9.17, 15) is 22.4 Å². The average Bonchev–Trinajstić information content (AvgIpc) is 3.47. The summed E-state index contributed by atoms with van der Waals surface area (Å²) in [5, 5.41) is 13.5. The number of nitrogens with one attached hydrogen (secondary N) is 2. The van der Waals surface area contributed by atoms with Crippen molar-refractivity contribution in [3.05, 3.63) is 65.7 Å². The van der Waals surface area contributed by atoms with Gasteiger partial charge in [0.1, 0.15) is 11.2 Å². The van der Waals surface area contributed by atoms with Crippen molar-refractivity contribution in [3.8, 4) is 11.1 Å². The lowest BCUT2D eigenvalue weighted by molar-refractivity contribution is -0.165. The Hall–Kier alpha value is -4.33. The van der Waals surface area contributed by atoms with Crippen molar-refractivity contribution in [2.45, 2.75) is 50.2 Å². The number of benzene rings is 1. The van der Waals surface area contributed by atoms with Gasteiger partial charge in [-0.15, -0.1) is 0 Å². The molecule has 41 heavy (non-hydrogen) atoms. The van der Waals surface area contributed by atoms with Crippen molar-refractivity contribution in [2.75, 3.05) is 23.8 Å². The van der Waals surface area contributed by atoms with Gasteiger partial charge in [0.05, 0.1) is 43.3 Å². The van der Waals surface area contributed by atoms with E-state index in [1.54, 1.807) is 24.7 Å². The van der Waals surface area contributed by atoms with Crippen LogP contribution in [0.1, 0.15) is 42.8 Å².